The molecular weight excluding hydrogens is 372 g/mol. The number of hydrogen-bond acceptors (Lipinski definition) is 0. The minimum absolute atomic E-state index is 1.24. The predicted octanol–water partition coefficient (Wildman–Crippen LogP) is 10.7. The largest absolute Gasteiger partial charge is 0.0654 e. The molecule has 0 fully saturated rings. The summed E-state index contributed by atoms with van der Waals surface area (Å²) < 4.78 is 0. The van der Waals surface area contributed by atoms with Crippen LogP contribution in [0.1, 0.15) is 134 Å². The van der Waals surface area contributed by atoms with Crippen LogP contribution in [0.15, 0.2) is 36.4 Å². The molecule has 0 aromatic carbocycles. The molecule has 0 aliphatic heterocycles. The molecule has 0 spiro atoms. The molecule has 174 valence electrons. The minimum Gasteiger partial charge on any atom is -0.0654 e. The van der Waals surface area contributed by atoms with Gasteiger partial charge in [-0.15, -0.1) is 0 Å². The van der Waals surface area contributed by atoms with Crippen molar-refractivity contribution in [3.05, 3.63) is 47.5 Å². The SMILES string of the molecule is CCCCCCCCCCCCCCCCCCCCc1ccc2cc(C)cccc1-2. The van der Waals surface area contributed by atoms with E-state index in [0.29, 0.717) is 0 Å². The van der Waals surface area contributed by atoms with E-state index in [-0.39, 0.29) is 0 Å². The number of unbranched alkanes of at least 4 members (excludes halogenated alkanes) is 17. The summed E-state index contributed by atoms with van der Waals surface area (Å²) in [6, 6.07) is 13.7. The average molecular weight is 423 g/mol. The first-order valence-electron chi connectivity index (χ1n) is 13.8. The predicted molar refractivity (Wildman–Crippen MR) is 140 cm³/mol. The summed E-state index contributed by atoms with van der Waals surface area (Å²) in [5.41, 5.74) is 5.75. The Kier molecular flexibility index (Phi) is 14.5. The molecule has 0 heterocycles. The second kappa shape index (κ2) is 17.3. The van der Waals surface area contributed by atoms with E-state index < -0.39 is 0 Å². The Bertz CT molecular complexity index is 641. The van der Waals surface area contributed by atoms with Crippen molar-refractivity contribution in [1.29, 1.82) is 0 Å². The second-order valence-corrected chi connectivity index (χ2v) is 9.90. The maximum atomic E-state index is 2.34. The quantitative estimate of drug-likeness (QED) is 0.197. The van der Waals surface area contributed by atoms with Gasteiger partial charge in [0.15, 0.2) is 0 Å². The molecule has 0 N–H and O–H groups in total. The monoisotopic (exact) mass is 422 g/mol. The lowest BCUT2D eigenvalue weighted by atomic mass is 10.0. The standard InChI is InChI=1S/C31H50/c1-3-4-5-6-7-8-9-10-11-12-13-14-15-16-17-18-19-20-23-29-25-26-30-27-28(2)22-21-24-31(29)30/h21-22,24-27H,3-20,23H2,1-2H3. The number of aryl methyl sites for hydroxylation is 2. The summed E-state index contributed by atoms with van der Waals surface area (Å²) in [6.07, 6.45) is 27.3. The molecule has 0 unspecified atom stereocenters. The fraction of sp³-hybridized carbons (Fsp3) is 0.677. The van der Waals surface area contributed by atoms with E-state index >= 15 is 0 Å². The van der Waals surface area contributed by atoms with Gasteiger partial charge in [0.2, 0.25) is 0 Å². The van der Waals surface area contributed by atoms with Crippen molar-refractivity contribution in [3.63, 3.8) is 0 Å². The molecule has 2 aliphatic rings. The van der Waals surface area contributed by atoms with Gasteiger partial charge in [0.05, 0.1) is 0 Å². The summed E-state index contributed by atoms with van der Waals surface area (Å²) in [4.78, 5) is 0. The molecule has 0 atom stereocenters. The summed E-state index contributed by atoms with van der Waals surface area (Å²) in [5, 5.41) is 0. The normalized spacial score (nSPS) is 11.4. The Labute approximate surface area is 194 Å². The van der Waals surface area contributed by atoms with Crippen molar-refractivity contribution in [3.8, 4) is 11.1 Å². The molecule has 0 radical (unpaired) electrons. The molecule has 0 aromatic heterocycles. The maximum absolute atomic E-state index is 2.34. The van der Waals surface area contributed by atoms with Crippen LogP contribution in [0.2, 0.25) is 0 Å². The van der Waals surface area contributed by atoms with Gasteiger partial charge in [-0.1, -0.05) is 158 Å². The van der Waals surface area contributed by atoms with E-state index in [2.05, 4.69) is 50.2 Å². The van der Waals surface area contributed by atoms with Gasteiger partial charge in [0, 0.05) is 0 Å². The van der Waals surface area contributed by atoms with Crippen molar-refractivity contribution in [2.75, 3.05) is 0 Å². The zero-order valence-electron chi connectivity index (χ0n) is 20.9. The van der Waals surface area contributed by atoms with Gasteiger partial charge < -0.3 is 0 Å². The molecule has 2 rings (SSSR count). The van der Waals surface area contributed by atoms with E-state index in [1.54, 1.807) is 5.56 Å². The van der Waals surface area contributed by atoms with E-state index in [1.165, 1.54) is 139 Å². The highest BCUT2D eigenvalue weighted by atomic mass is 14.1. The summed E-state index contributed by atoms with van der Waals surface area (Å²) in [7, 11) is 0. The third-order valence-electron chi connectivity index (χ3n) is 6.93. The zero-order valence-corrected chi connectivity index (χ0v) is 20.9. The van der Waals surface area contributed by atoms with Crippen molar-refractivity contribution < 1.29 is 0 Å². The highest BCUT2D eigenvalue weighted by Gasteiger charge is 2.07. The third-order valence-corrected chi connectivity index (χ3v) is 6.93. The highest BCUT2D eigenvalue weighted by molar-refractivity contribution is 5.70. The Morgan fingerprint density at radius 1 is 0.516 bits per heavy atom. The minimum atomic E-state index is 1.24. The van der Waals surface area contributed by atoms with Gasteiger partial charge >= 0.3 is 0 Å². The Morgan fingerprint density at radius 3 is 1.52 bits per heavy atom. The number of rotatable bonds is 19. The second-order valence-electron chi connectivity index (χ2n) is 9.90. The first-order chi connectivity index (χ1) is 15.3. The Balaban J connectivity index is 1.35. The smallest absolute Gasteiger partial charge is 0.0152 e. The molecule has 0 amide bonds. The molecule has 31 heavy (non-hydrogen) atoms. The van der Waals surface area contributed by atoms with Crippen LogP contribution in [0.3, 0.4) is 0 Å². The third kappa shape index (κ3) is 11.8. The number of hydrogen-bond donors (Lipinski definition) is 0. The van der Waals surface area contributed by atoms with Crippen molar-refractivity contribution in [2.45, 2.75) is 136 Å². The van der Waals surface area contributed by atoms with Crippen molar-refractivity contribution in [2.24, 2.45) is 0 Å². The molecule has 0 bridgehead atoms. The van der Waals surface area contributed by atoms with Gasteiger partial charge in [0.25, 0.3) is 0 Å². The Hall–Kier alpha value is -1.30. The van der Waals surface area contributed by atoms with E-state index in [1.807, 2.05) is 0 Å². The fourth-order valence-corrected chi connectivity index (χ4v) is 4.91. The van der Waals surface area contributed by atoms with Crippen molar-refractivity contribution in [1.82, 2.24) is 0 Å². The lowest BCUT2D eigenvalue weighted by Crippen LogP contribution is -1.86. The van der Waals surface area contributed by atoms with Gasteiger partial charge in [-0.2, -0.15) is 0 Å². The summed E-state index contributed by atoms with van der Waals surface area (Å²) in [5.74, 6) is 0. The lowest BCUT2D eigenvalue weighted by Gasteiger charge is -2.04. The van der Waals surface area contributed by atoms with E-state index in [9.17, 15) is 0 Å². The summed E-state index contributed by atoms with van der Waals surface area (Å²) >= 11 is 0. The summed E-state index contributed by atoms with van der Waals surface area (Å²) in [6.45, 7) is 4.48. The van der Waals surface area contributed by atoms with Crippen LogP contribution in [-0.2, 0) is 6.42 Å². The van der Waals surface area contributed by atoms with Crippen molar-refractivity contribution >= 4 is 0 Å². The van der Waals surface area contributed by atoms with Gasteiger partial charge in [0.1, 0.15) is 0 Å². The number of fused-ring (bicyclic) bond motifs is 1. The molecule has 0 saturated heterocycles. The van der Waals surface area contributed by atoms with Crippen LogP contribution in [0.25, 0.3) is 11.1 Å². The van der Waals surface area contributed by atoms with Gasteiger partial charge in [-0.3, -0.25) is 0 Å². The Morgan fingerprint density at radius 2 is 1.00 bits per heavy atom. The van der Waals surface area contributed by atoms with Crippen LogP contribution < -0.4 is 0 Å². The average Bonchev–Trinajstić information content (AvgIpc) is 3.03. The van der Waals surface area contributed by atoms with Crippen LogP contribution in [0.4, 0.5) is 0 Å². The molecule has 0 saturated carbocycles. The van der Waals surface area contributed by atoms with Crippen LogP contribution in [0.5, 0.6) is 0 Å². The lowest BCUT2D eigenvalue weighted by molar-refractivity contribution is 0.525. The van der Waals surface area contributed by atoms with Gasteiger partial charge in [-0.25, -0.2) is 0 Å². The first-order valence-corrected chi connectivity index (χ1v) is 13.8. The first kappa shape index (κ1) is 26.0. The van der Waals surface area contributed by atoms with Gasteiger partial charge in [-0.05, 0) is 36.5 Å². The molecule has 2 aliphatic carbocycles. The van der Waals surface area contributed by atoms with Crippen LogP contribution >= 0.6 is 0 Å². The molecule has 0 heteroatoms. The van der Waals surface area contributed by atoms with Crippen LogP contribution in [-0.4, -0.2) is 0 Å². The fourth-order valence-electron chi connectivity index (χ4n) is 4.91. The highest BCUT2D eigenvalue weighted by Crippen LogP contribution is 2.29. The molecule has 0 aromatic rings. The maximum Gasteiger partial charge on any atom is -0.0152 e. The molecule has 0 nitrogen and oxygen atoms in total. The van der Waals surface area contributed by atoms with E-state index in [0.717, 1.165) is 0 Å². The van der Waals surface area contributed by atoms with Crippen LogP contribution in [0, 0.1) is 6.92 Å². The topological polar surface area (TPSA) is 0 Å². The van der Waals surface area contributed by atoms with E-state index in [4.69, 9.17) is 0 Å². The zero-order chi connectivity index (χ0) is 22.0. The molecular formula is C31H50.